The second-order valence-corrected chi connectivity index (χ2v) is 6.95. The first-order valence-electron chi connectivity index (χ1n) is 9.46. The fraction of sp³-hybridized carbons (Fsp3) is 0.250. The number of nitrogens with zero attached hydrogens (tertiary/aromatic N) is 5. The van der Waals surface area contributed by atoms with E-state index in [1.165, 1.54) is 23.2 Å². The molecule has 0 bridgehead atoms. The molecule has 4 heterocycles. The van der Waals surface area contributed by atoms with Gasteiger partial charge in [-0.1, -0.05) is 6.07 Å². The number of morpholine rings is 1. The van der Waals surface area contributed by atoms with Gasteiger partial charge in [0.1, 0.15) is 17.3 Å². The SMILES string of the molecule is C[C@@H]1COCCN1c1cc(-c2cccnc2C(N)=O)c2cnn(C(=N)/C=C\N)c2n1. The van der Waals surface area contributed by atoms with Gasteiger partial charge in [0.2, 0.25) is 0 Å². The van der Waals surface area contributed by atoms with Crippen LogP contribution in [0.15, 0.2) is 42.9 Å². The fourth-order valence-electron chi connectivity index (χ4n) is 3.58. The standard InChI is InChI=1S/C20H22N8O2/c1-12-11-30-8-7-27(12)17-9-14(13-3-2-6-24-18(13)19(23)29)15-10-25-28(20(15)26-17)16(22)4-5-21/h2-6,9-10,12,22H,7-8,11,21H2,1H3,(H2,23,29)/b5-4-,22-16?/t12-/m1/s1. The summed E-state index contributed by atoms with van der Waals surface area (Å²) in [6.07, 6.45) is 5.84. The molecule has 0 saturated carbocycles. The van der Waals surface area contributed by atoms with E-state index in [1.807, 2.05) is 6.07 Å². The van der Waals surface area contributed by atoms with E-state index in [0.29, 0.717) is 47.7 Å². The summed E-state index contributed by atoms with van der Waals surface area (Å²) in [7, 11) is 0. The molecule has 5 N–H and O–H groups in total. The van der Waals surface area contributed by atoms with Crippen molar-refractivity contribution < 1.29 is 9.53 Å². The average molecular weight is 406 g/mol. The first-order chi connectivity index (χ1) is 14.5. The van der Waals surface area contributed by atoms with Gasteiger partial charge in [0, 0.05) is 29.3 Å². The Labute approximate surface area is 172 Å². The van der Waals surface area contributed by atoms with E-state index in [1.54, 1.807) is 18.3 Å². The van der Waals surface area contributed by atoms with E-state index in [2.05, 4.69) is 21.9 Å². The third-order valence-corrected chi connectivity index (χ3v) is 5.00. The van der Waals surface area contributed by atoms with Crippen molar-refractivity contribution in [1.82, 2.24) is 19.7 Å². The minimum Gasteiger partial charge on any atom is -0.404 e. The molecular weight excluding hydrogens is 384 g/mol. The summed E-state index contributed by atoms with van der Waals surface area (Å²) in [5, 5.41) is 13.2. The second-order valence-electron chi connectivity index (χ2n) is 6.95. The highest BCUT2D eigenvalue weighted by Crippen LogP contribution is 2.33. The Hall–Kier alpha value is -3.79. The third kappa shape index (κ3) is 3.37. The normalized spacial score (nSPS) is 17.0. The van der Waals surface area contributed by atoms with Crippen LogP contribution in [0.1, 0.15) is 17.4 Å². The van der Waals surface area contributed by atoms with Gasteiger partial charge in [-0.05, 0) is 31.3 Å². The molecular formula is C20H22N8O2. The van der Waals surface area contributed by atoms with E-state index in [9.17, 15) is 4.79 Å². The zero-order valence-electron chi connectivity index (χ0n) is 16.4. The Balaban J connectivity index is 1.99. The highest BCUT2D eigenvalue weighted by Gasteiger charge is 2.24. The summed E-state index contributed by atoms with van der Waals surface area (Å²) in [4.78, 5) is 23.1. The summed E-state index contributed by atoms with van der Waals surface area (Å²) in [5.74, 6) is 0.140. The first-order valence-corrected chi connectivity index (χ1v) is 9.46. The molecule has 0 spiro atoms. The van der Waals surface area contributed by atoms with Gasteiger partial charge in [-0.2, -0.15) is 9.78 Å². The van der Waals surface area contributed by atoms with Crippen LogP contribution in [0.25, 0.3) is 22.2 Å². The quantitative estimate of drug-likeness (QED) is 0.434. The summed E-state index contributed by atoms with van der Waals surface area (Å²) in [6, 6.07) is 5.55. The lowest BCUT2D eigenvalue weighted by Crippen LogP contribution is -2.44. The maximum Gasteiger partial charge on any atom is 0.267 e. The molecule has 30 heavy (non-hydrogen) atoms. The maximum absolute atomic E-state index is 12.0. The third-order valence-electron chi connectivity index (χ3n) is 5.00. The summed E-state index contributed by atoms with van der Waals surface area (Å²) >= 11 is 0. The Morgan fingerprint density at radius 1 is 1.40 bits per heavy atom. The molecule has 1 aliphatic heterocycles. The lowest BCUT2D eigenvalue weighted by atomic mass is 10.0. The molecule has 154 valence electrons. The van der Waals surface area contributed by atoms with Crippen molar-refractivity contribution in [2.75, 3.05) is 24.7 Å². The molecule has 10 heteroatoms. The number of hydrogen-bond acceptors (Lipinski definition) is 8. The topological polar surface area (TPSA) is 149 Å². The van der Waals surface area contributed by atoms with Gasteiger partial charge in [0.25, 0.3) is 5.91 Å². The number of fused-ring (bicyclic) bond motifs is 1. The summed E-state index contributed by atoms with van der Waals surface area (Å²) < 4.78 is 6.95. The number of carbonyl (C=O) groups excluding carboxylic acids is 1. The number of aromatic nitrogens is 4. The van der Waals surface area contributed by atoms with Crippen molar-refractivity contribution in [1.29, 1.82) is 5.41 Å². The fourth-order valence-corrected chi connectivity index (χ4v) is 3.58. The van der Waals surface area contributed by atoms with E-state index in [-0.39, 0.29) is 17.6 Å². The number of primary amides is 1. The molecule has 1 aliphatic rings. The van der Waals surface area contributed by atoms with E-state index >= 15 is 0 Å². The van der Waals surface area contributed by atoms with Gasteiger partial charge in [0.05, 0.1) is 25.5 Å². The molecule has 3 aromatic heterocycles. The average Bonchev–Trinajstić information content (AvgIpc) is 3.17. The second kappa shape index (κ2) is 7.91. The van der Waals surface area contributed by atoms with Crippen molar-refractivity contribution in [3.63, 3.8) is 0 Å². The predicted octanol–water partition coefficient (Wildman–Crippen LogP) is 1.12. The Kier molecular flexibility index (Phi) is 5.15. The molecule has 0 aliphatic carbocycles. The van der Waals surface area contributed by atoms with Gasteiger partial charge in [-0.15, -0.1) is 0 Å². The van der Waals surface area contributed by atoms with Crippen molar-refractivity contribution in [3.8, 4) is 11.1 Å². The molecule has 10 nitrogen and oxygen atoms in total. The number of rotatable bonds is 4. The number of pyridine rings is 2. The summed E-state index contributed by atoms with van der Waals surface area (Å²) in [6.45, 7) is 3.90. The molecule has 0 unspecified atom stereocenters. The number of amides is 1. The van der Waals surface area contributed by atoms with Gasteiger partial charge in [0.15, 0.2) is 5.65 Å². The predicted molar refractivity (Wildman–Crippen MR) is 113 cm³/mol. The van der Waals surface area contributed by atoms with Crippen LogP contribution >= 0.6 is 0 Å². The molecule has 0 radical (unpaired) electrons. The lowest BCUT2D eigenvalue weighted by Gasteiger charge is -2.34. The minimum atomic E-state index is -0.622. The smallest absolute Gasteiger partial charge is 0.267 e. The maximum atomic E-state index is 12.0. The number of ether oxygens (including phenoxy) is 1. The van der Waals surface area contributed by atoms with Gasteiger partial charge in [-0.25, -0.2) is 4.98 Å². The van der Waals surface area contributed by atoms with Crippen LogP contribution in [-0.2, 0) is 4.74 Å². The van der Waals surface area contributed by atoms with Crippen molar-refractivity contribution in [2.24, 2.45) is 11.5 Å². The zero-order valence-corrected chi connectivity index (χ0v) is 16.4. The number of carbonyl (C=O) groups is 1. The molecule has 3 aromatic rings. The number of hydrogen-bond donors (Lipinski definition) is 3. The van der Waals surface area contributed by atoms with E-state index < -0.39 is 5.91 Å². The molecule has 1 atom stereocenters. The van der Waals surface area contributed by atoms with Crippen LogP contribution < -0.4 is 16.4 Å². The Bertz CT molecular complexity index is 1150. The van der Waals surface area contributed by atoms with Crippen LogP contribution in [0.2, 0.25) is 0 Å². The van der Waals surface area contributed by atoms with Crippen molar-refractivity contribution >= 4 is 28.6 Å². The molecule has 0 aromatic carbocycles. The number of anilines is 1. The van der Waals surface area contributed by atoms with Gasteiger partial charge >= 0.3 is 0 Å². The Morgan fingerprint density at radius 2 is 2.23 bits per heavy atom. The van der Waals surface area contributed by atoms with Crippen LogP contribution in [-0.4, -0.2) is 57.3 Å². The first kappa shape index (κ1) is 19.5. The van der Waals surface area contributed by atoms with Crippen LogP contribution in [0, 0.1) is 5.41 Å². The van der Waals surface area contributed by atoms with Crippen LogP contribution in [0.3, 0.4) is 0 Å². The van der Waals surface area contributed by atoms with E-state index in [0.717, 1.165) is 0 Å². The highest BCUT2D eigenvalue weighted by molar-refractivity contribution is 6.06. The molecule has 1 amide bonds. The summed E-state index contributed by atoms with van der Waals surface area (Å²) in [5.41, 5.74) is 13.0. The van der Waals surface area contributed by atoms with E-state index in [4.69, 9.17) is 26.6 Å². The Morgan fingerprint density at radius 3 is 2.97 bits per heavy atom. The largest absolute Gasteiger partial charge is 0.404 e. The number of nitrogens with one attached hydrogen (secondary N) is 1. The monoisotopic (exact) mass is 406 g/mol. The van der Waals surface area contributed by atoms with Gasteiger partial charge in [-0.3, -0.25) is 15.2 Å². The molecule has 1 saturated heterocycles. The van der Waals surface area contributed by atoms with Crippen molar-refractivity contribution in [3.05, 3.63) is 48.6 Å². The molecule has 4 rings (SSSR count). The van der Waals surface area contributed by atoms with Crippen LogP contribution in [0.5, 0.6) is 0 Å². The van der Waals surface area contributed by atoms with Gasteiger partial charge < -0.3 is 21.1 Å². The highest BCUT2D eigenvalue weighted by atomic mass is 16.5. The lowest BCUT2D eigenvalue weighted by molar-refractivity contribution is 0.0985. The number of nitrogens with two attached hydrogens (primary N) is 2. The zero-order chi connectivity index (χ0) is 21.3. The van der Waals surface area contributed by atoms with Crippen molar-refractivity contribution in [2.45, 2.75) is 13.0 Å². The molecule has 1 fully saturated rings. The minimum absolute atomic E-state index is 0.0689. The number of allylic oxidation sites excluding steroid dienone is 1. The van der Waals surface area contributed by atoms with Crippen LogP contribution in [0.4, 0.5) is 5.82 Å².